The minimum absolute atomic E-state index is 0.00390. The lowest BCUT2D eigenvalue weighted by Crippen LogP contribution is -2.41. The monoisotopic (exact) mass is 434 g/mol. The summed E-state index contributed by atoms with van der Waals surface area (Å²) in [5, 5.41) is 5.00. The topological polar surface area (TPSA) is 76.0 Å². The predicted molar refractivity (Wildman–Crippen MR) is 114 cm³/mol. The summed E-state index contributed by atoms with van der Waals surface area (Å²) in [5.41, 5.74) is 2.85. The van der Waals surface area contributed by atoms with Crippen molar-refractivity contribution in [3.8, 4) is 0 Å². The van der Waals surface area contributed by atoms with Gasteiger partial charge in [-0.3, -0.25) is 19.3 Å². The summed E-state index contributed by atoms with van der Waals surface area (Å²) in [7, 11) is 0. The Morgan fingerprint density at radius 3 is 2.26 bits per heavy atom. The third-order valence-electron chi connectivity index (χ3n) is 7.36. The Kier molecular flexibility index (Phi) is 3.93. The number of hydrogen-bond acceptors (Lipinski definition) is 5. The van der Waals surface area contributed by atoms with Gasteiger partial charge in [0, 0.05) is 22.4 Å². The number of nitrogens with zero attached hydrogens (tertiary/aromatic N) is 2. The zero-order valence-corrected chi connectivity index (χ0v) is 17.5. The van der Waals surface area contributed by atoms with Gasteiger partial charge in [0.15, 0.2) is 5.78 Å². The number of imide groups is 1. The van der Waals surface area contributed by atoms with Crippen LogP contribution in [0.3, 0.4) is 0 Å². The maximum atomic E-state index is 13.4. The Morgan fingerprint density at radius 1 is 0.968 bits per heavy atom. The van der Waals surface area contributed by atoms with Crippen LogP contribution in [0.2, 0.25) is 5.02 Å². The average molecular weight is 435 g/mol. The maximum absolute atomic E-state index is 13.4. The molecule has 2 saturated carbocycles. The van der Waals surface area contributed by atoms with Gasteiger partial charge in [-0.05, 0) is 61.2 Å². The summed E-state index contributed by atoms with van der Waals surface area (Å²) in [6.07, 6.45) is 0.625. The molecular weight excluding hydrogens is 416 g/mol. The molecule has 0 spiro atoms. The van der Waals surface area contributed by atoms with E-state index in [1.165, 1.54) is 11.8 Å². The van der Waals surface area contributed by atoms with Crippen molar-refractivity contribution in [2.24, 2.45) is 34.7 Å². The molecule has 2 aromatic rings. The van der Waals surface area contributed by atoms with Crippen molar-refractivity contribution in [2.45, 2.75) is 19.4 Å². The molecule has 156 valence electrons. The molecule has 4 aliphatic rings. The van der Waals surface area contributed by atoms with Gasteiger partial charge in [-0.15, -0.1) is 0 Å². The van der Waals surface area contributed by atoms with Gasteiger partial charge in [0.05, 0.1) is 23.2 Å². The molecule has 2 aliphatic heterocycles. The van der Waals surface area contributed by atoms with Gasteiger partial charge in [0.25, 0.3) is 0 Å². The summed E-state index contributed by atoms with van der Waals surface area (Å²) in [6.45, 7) is 1.49. The first-order valence-corrected chi connectivity index (χ1v) is 10.8. The summed E-state index contributed by atoms with van der Waals surface area (Å²) in [5.74, 6) is -1.10. The Labute approximate surface area is 183 Å². The predicted octanol–water partition coefficient (Wildman–Crippen LogP) is 3.72. The van der Waals surface area contributed by atoms with Gasteiger partial charge >= 0.3 is 0 Å². The first kappa shape index (κ1) is 18.8. The molecule has 0 unspecified atom stereocenters. The molecule has 2 aliphatic carbocycles. The maximum Gasteiger partial charge on any atom is 0.238 e. The molecule has 2 aromatic carbocycles. The molecule has 0 radical (unpaired) electrons. The molecule has 1 saturated heterocycles. The molecule has 0 aromatic heterocycles. The zero-order chi connectivity index (χ0) is 21.4. The van der Waals surface area contributed by atoms with Crippen molar-refractivity contribution < 1.29 is 19.2 Å². The van der Waals surface area contributed by atoms with Gasteiger partial charge in [-0.2, -0.15) is 0 Å². The molecule has 31 heavy (non-hydrogen) atoms. The van der Waals surface area contributed by atoms with Crippen LogP contribution in [0.4, 0.5) is 5.69 Å². The molecule has 6 atom stereocenters. The molecule has 2 heterocycles. The van der Waals surface area contributed by atoms with Crippen LogP contribution in [-0.2, 0) is 14.4 Å². The highest BCUT2D eigenvalue weighted by atomic mass is 35.5. The standard InChI is InChI=1S/C24H19ClN2O4/c1-11(28)12-4-8-15(9-5-12)27-23(29)18-16-10-17(19(18)24(27)30)22-20(16)21(26-31-22)13-2-6-14(25)7-3-13/h2-9,16-20,22H,10H2,1H3/t16-,17-,18+,19-,20-,22+/m0/s1. The molecule has 7 heteroatoms. The van der Waals surface area contributed by atoms with Gasteiger partial charge < -0.3 is 4.84 Å². The fourth-order valence-corrected chi connectivity index (χ4v) is 6.21. The molecule has 6 nitrogen and oxygen atoms in total. The van der Waals surface area contributed by atoms with E-state index in [2.05, 4.69) is 5.16 Å². The van der Waals surface area contributed by atoms with E-state index in [0.717, 1.165) is 17.7 Å². The number of hydrogen-bond donors (Lipinski definition) is 0. The zero-order valence-electron chi connectivity index (χ0n) is 16.7. The number of benzene rings is 2. The highest BCUT2D eigenvalue weighted by molar-refractivity contribution is 6.30. The van der Waals surface area contributed by atoms with Gasteiger partial charge in [-0.25, -0.2) is 0 Å². The van der Waals surface area contributed by atoms with Crippen LogP contribution in [0.5, 0.6) is 0 Å². The number of amides is 2. The van der Waals surface area contributed by atoms with Crippen molar-refractivity contribution in [1.82, 2.24) is 0 Å². The molecule has 2 bridgehead atoms. The normalized spacial score (nSPS) is 32.7. The third-order valence-corrected chi connectivity index (χ3v) is 7.61. The lowest BCUT2D eigenvalue weighted by Gasteiger charge is -2.29. The van der Waals surface area contributed by atoms with Crippen molar-refractivity contribution in [3.05, 3.63) is 64.7 Å². The van der Waals surface area contributed by atoms with Crippen molar-refractivity contribution in [1.29, 1.82) is 0 Å². The van der Waals surface area contributed by atoms with Crippen molar-refractivity contribution in [2.75, 3.05) is 4.90 Å². The second-order valence-electron chi connectivity index (χ2n) is 8.81. The summed E-state index contributed by atoms with van der Waals surface area (Å²) in [6, 6.07) is 14.1. The lowest BCUT2D eigenvalue weighted by atomic mass is 9.71. The minimum Gasteiger partial charge on any atom is -0.391 e. The Hall–Kier alpha value is -2.99. The van der Waals surface area contributed by atoms with Crippen LogP contribution >= 0.6 is 11.6 Å². The highest BCUT2D eigenvalue weighted by Gasteiger charge is 2.70. The van der Waals surface area contributed by atoms with E-state index in [9.17, 15) is 14.4 Å². The van der Waals surface area contributed by atoms with Crippen molar-refractivity contribution in [3.63, 3.8) is 0 Å². The van der Waals surface area contributed by atoms with Crippen LogP contribution in [0.15, 0.2) is 53.7 Å². The lowest BCUT2D eigenvalue weighted by molar-refractivity contribution is -0.125. The SMILES string of the molecule is CC(=O)c1ccc(N2C(=O)[C@@H]3[C@@H]4C[C@H]([C@H]5ON=C(c6ccc(Cl)cc6)[C@H]45)[C@@H]3C2=O)cc1. The van der Waals surface area contributed by atoms with Gasteiger partial charge in [0.1, 0.15) is 6.10 Å². The number of carbonyl (C=O) groups is 3. The third kappa shape index (κ3) is 2.51. The number of ketones is 1. The largest absolute Gasteiger partial charge is 0.391 e. The average Bonchev–Trinajstić information content (AvgIpc) is 3.49. The fraction of sp³-hybridized carbons (Fsp3) is 0.333. The van der Waals surface area contributed by atoms with E-state index in [-0.39, 0.29) is 53.3 Å². The van der Waals surface area contributed by atoms with E-state index in [4.69, 9.17) is 16.4 Å². The number of Topliss-reactive ketones (excluding diaryl/α,β-unsaturated/α-hetero) is 1. The van der Waals surface area contributed by atoms with E-state index in [1.807, 2.05) is 24.3 Å². The van der Waals surface area contributed by atoms with Crippen LogP contribution < -0.4 is 4.90 Å². The first-order valence-electron chi connectivity index (χ1n) is 10.4. The smallest absolute Gasteiger partial charge is 0.238 e. The van der Waals surface area contributed by atoms with E-state index in [0.29, 0.717) is 16.3 Å². The number of carbonyl (C=O) groups excluding carboxylic acids is 3. The number of anilines is 1. The Balaban J connectivity index is 1.32. The second-order valence-corrected chi connectivity index (χ2v) is 9.25. The van der Waals surface area contributed by atoms with Crippen LogP contribution in [0, 0.1) is 29.6 Å². The van der Waals surface area contributed by atoms with Crippen molar-refractivity contribution >= 4 is 40.6 Å². The number of halogens is 1. The number of rotatable bonds is 3. The summed E-state index contributed by atoms with van der Waals surface area (Å²) >= 11 is 6.02. The van der Waals surface area contributed by atoms with Crippen LogP contribution in [0.25, 0.3) is 0 Å². The molecule has 3 fully saturated rings. The van der Waals surface area contributed by atoms with Crippen LogP contribution in [-0.4, -0.2) is 29.4 Å². The highest BCUT2D eigenvalue weighted by Crippen LogP contribution is 2.62. The fourth-order valence-electron chi connectivity index (χ4n) is 6.08. The van der Waals surface area contributed by atoms with E-state index >= 15 is 0 Å². The first-order chi connectivity index (χ1) is 15.0. The molecule has 6 rings (SSSR count). The number of oxime groups is 1. The molecule has 0 N–H and O–H groups in total. The summed E-state index contributed by atoms with van der Waals surface area (Å²) in [4.78, 5) is 45.4. The Bertz CT molecular complexity index is 1160. The van der Waals surface area contributed by atoms with Gasteiger partial charge in [-0.1, -0.05) is 28.9 Å². The number of fused-ring (bicyclic) bond motifs is 8. The van der Waals surface area contributed by atoms with Crippen LogP contribution in [0.1, 0.15) is 29.3 Å². The van der Waals surface area contributed by atoms with Gasteiger partial charge in [0.2, 0.25) is 11.8 Å². The second kappa shape index (κ2) is 6.50. The van der Waals surface area contributed by atoms with E-state index in [1.54, 1.807) is 24.3 Å². The minimum atomic E-state index is -0.369. The van der Waals surface area contributed by atoms with E-state index < -0.39 is 0 Å². The molecule has 2 amide bonds. The molecular formula is C24H19ClN2O4. The Morgan fingerprint density at radius 2 is 1.61 bits per heavy atom. The quantitative estimate of drug-likeness (QED) is 0.545. The summed E-state index contributed by atoms with van der Waals surface area (Å²) < 4.78 is 0.